The minimum absolute atomic E-state index is 0.257. The van der Waals surface area contributed by atoms with E-state index >= 15 is 0 Å². The first-order valence-corrected chi connectivity index (χ1v) is 4.13. The maximum Gasteiger partial charge on any atom is 0.151 e. The van der Waals surface area contributed by atoms with Gasteiger partial charge in [0.15, 0.2) is 6.17 Å². The van der Waals surface area contributed by atoms with Crippen LogP contribution in [0.5, 0.6) is 0 Å². The van der Waals surface area contributed by atoms with Crippen LogP contribution in [0.15, 0.2) is 35.4 Å². The summed E-state index contributed by atoms with van der Waals surface area (Å²) >= 11 is 0. The highest BCUT2D eigenvalue weighted by molar-refractivity contribution is 5.18. The van der Waals surface area contributed by atoms with Crippen LogP contribution in [0.3, 0.4) is 0 Å². The van der Waals surface area contributed by atoms with Crippen LogP contribution in [0, 0.1) is 0 Å². The Balaban J connectivity index is 2.65. The van der Waals surface area contributed by atoms with Crippen LogP contribution in [-0.2, 0) is 0 Å². The molecule has 14 heavy (non-hydrogen) atoms. The molecule has 0 spiro atoms. The van der Waals surface area contributed by atoms with E-state index < -0.39 is 12.3 Å². The van der Waals surface area contributed by atoms with Crippen molar-refractivity contribution in [2.45, 2.75) is 12.3 Å². The lowest BCUT2D eigenvalue weighted by Gasteiger charge is -2.13. The Hall–Kier alpha value is -1.58. The van der Waals surface area contributed by atoms with E-state index in [0.717, 1.165) is 0 Å². The lowest BCUT2D eigenvalue weighted by Crippen LogP contribution is -2.17. The standard InChI is InChI=1S/C9H10FN3O/c10-9(8(14)6-12-13-11)7-4-2-1-3-5-7/h1-5,8-9,14H,6H2/t8-,9-/m1/s1. The van der Waals surface area contributed by atoms with Gasteiger partial charge in [-0.1, -0.05) is 35.4 Å². The molecule has 5 heteroatoms. The van der Waals surface area contributed by atoms with E-state index in [0.29, 0.717) is 5.56 Å². The first kappa shape index (κ1) is 10.5. The summed E-state index contributed by atoms with van der Waals surface area (Å²) in [4.78, 5) is 2.45. The van der Waals surface area contributed by atoms with Crippen LogP contribution in [0.25, 0.3) is 10.4 Å². The molecule has 1 rings (SSSR count). The Kier molecular flexibility index (Phi) is 3.91. The third-order valence-electron chi connectivity index (χ3n) is 1.79. The minimum atomic E-state index is -1.51. The molecule has 0 aliphatic heterocycles. The topological polar surface area (TPSA) is 69.0 Å². The third kappa shape index (κ3) is 2.73. The number of aliphatic hydroxyl groups is 1. The fourth-order valence-corrected chi connectivity index (χ4v) is 1.07. The number of hydrogen-bond donors (Lipinski definition) is 1. The largest absolute Gasteiger partial charge is 0.390 e. The van der Waals surface area contributed by atoms with Crippen molar-refractivity contribution in [1.29, 1.82) is 0 Å². The highest BCUT2D eigenvalue weighted by Crippen LogP contribution is 2.21. The fourth-order valence-electron chi connectivity index (χ4n) is 1.07. The van der Waals surface area contributed by atoms with Crippen molar-refractivity contribution in [1.82, 2.24) is 0 Å². The minimum Gasteiger partial charge on any atom is -0.390 e. The smallest absolute Gasteiger partial charge is 0.151 e. The number of alkyl halides is 1. The molecule has 0 aliphatic carbocycles. The summed E-state index contributed by atoms with van der Waals surface area (Å²) in [7, 11) is 0. The Labute approximate surface area is 80.6 Å². The zero-order valence-corrected chi connectivity index (χ0v) is 7.42. The monoisotopic (exact) mass is 195 g/mol. The van der Waals surface area contributed by atoms with Crippen molar-refractivity contribution >= 4 is 0 Å². The van der Waals surface area contributed by atoms with E-state index in [1.165, 1.54) is 0 Å². The van der Waals surface area contributed by atoms with Crippen LogP contribution in [0.4, 0.5) is 4.39 Å². The molecule has 0 saturated carbocycles. The molecular weight excluding hydrogens is 185 g/mol. The van der Waals surface area contributed by atoms with Gasteiger partial charge in [-0.15, -0.1) is 0 Å². The fraction of sp³-hybridized carbons (Fsp3) is 0.333. The predicted molar refractivity (Wildman–Crippen MR) is 50.3 cm³/mol. The number of azide groups is 1. The lowest BCUT2D eigenvalue weighted by atomic mass is 10.1. The summed E-state index contributed by atoms with van der Waals surface area (Å²) in [6.07, 6.45) is -2.80. The van der Waals surface area contributed by atoms with E-state index in [2.05, 4.69) is 10.0 Å². The van der Waals surface area contributed by atoms with E-state index in [9.17, 15) is 9.50 Å². The van der Waals surface area contributed by atoms with Gasteiger partial charge in [-0.3, -0.25) is 0 Å². The normalized spacial score (nSPS) is 14.1. The van der Waals surface area contributed by atoms with Crippen molar-refractivity contribution < 1.29 is 9.50 Å². The molecule has 0 bridgehead atoms. The molecule has 0 heterocycles. The van der Waals surface area contributed by atoms with E-state index in [4.69, 9.17) is 5.53 Å². The number of nitrogens with zero attached hydrogens (tertiary/aromatic N) is 3. The van der Waals surface area contributed by atoms with Crippen LogP contribution in [0.1, 0.15) is 11.7 Å². The zero-order valence-electron chi connectivity index (χ0n) is 7.42. The first-order valence-electron chi connectivity index (χ1n) is 4.13. The summed E-state index contributed by atoms with van der Waals surface area (Å²) in [5, 5.41) is 12.4. The van der Waals surface area contributed by atoms with E-state index in [-0.39, 0.29) is 6.54 Å². The van der Waals surface area contributed by atoms with Gasteiger partial charge in [0.25, 0.3) is 0 Å². The van der Waals surface area contributed by atoms with E-state index in [1.807, 2.05) is 0 Å². The number of hydrogen-bond acceptors (Lipinski definition) is 2. The first-order chi connectivity index (χ1) is 6.75. The molecule has 0 radical (unpaired) electrons. The van der Waals surface area contributed by atoms with Gasteiger partial charge in [0.05, 0.1) is 12.6 Å². The molecule has 74 valence electrons. The summed E-state index contributed by atoms with van der Waals surface area (Å²) in [6, 6.07) is 8.27. The van der Waals surface area contributed by atoms with Crippen molar-refractivity contribution in [3.05, 3.63) is 46.3 Å². The molecule has 0 saturated heterocycles. The molecule has 1 N–H and O–H groups in total. The summed E-state index contributed by atoms with van der Waals surface area (Å²) < 4.78 is 13.4. The second kappa shape index (κ2) is 5.21. The Bertz CT molecular complexity index is 324. The predicted octanol–water partition coefficient (Wildman–Crippen LogP) is 2.37. The summed E-state index contributed by atoms with van der Waals surface area (Å²) in [5.74, 6) is 0. The van der Waals surface area contributed by atoms with Gasteiger partial charge in [-0.25, -0.2) is 4.39 Å². The molecule has 0 amide bonds. The van der Waals surface area contributed by atoms with Crippen LogP contribution in [-0.4, -0.2) is 17.8 Å². The number of halogens is 1. The van der Waals surface area contributed by atoms with Gasteiger partial charge in [0.1, 0.15) is 0 Å². The molecule has 0 aromatic heterocycles. The average molecular weight is 195 g/mol. The summed E-state index contributed by atoms with van der Waals surface area (Å²) in [5.41, 5.74) is 8.37. The maximum atomic E-state index is 13.4. The highest BCUT2D eigenvalue weighted by atomic mass is 19.1. The van der Waals surface area contributed by atoms with E-state index in [1.54, 1.807) is 30.3 Å². The van der Waals surface area contributed by atoms with Gasteiger partial charge in [0.2, 0.25) is 0 Å². The second-order valence-electron chi connectivity index (χ2n) is 2.79. The van der Waals surface area contributed by atoms with Crippen LogP contribution in [0.2, 0.25) is 0 Å². The number of rotatable bonds is 4. The van der Waals surface area contributed by atoms with Crippen molar-refractivity contribution in [3.8, 4) is 0 Å². The third-order valence-corrected chi connectivity index (χ3v) is 1.79. The van der Waals surface area contributed by atoms with Crippen LogP contribution < -0.4 is 0 Å². The van der Waals surface area contributed by atoms with Gasteiger partial charge in [-0.2, -0.15) is 0 Å². The molecule has 0 unspecified atom stereocenters. The van der Waals surface area contributed by atoms with Gasteiger partial charge >= 0.3 is 0 Å². The lowest BCUT2D eigenvalue weighted by molar-refractivity contribution is 0.0847. The number of benzene rings is 1. The Morgan fingerprint density at radius 2 is 2.07 bits per heavy atom. The van der Waals surface area contributed by atoms with Gasteiger partial charge in [0, 0.05) is 4.91 Å². The SMILES string of the molecule is [N-]=[N+]=NC[C@@H](O)[C@H](F)c1ccccc1. The average Bonchev–Trinajstić information content (AvgIpc) is 2.26. The van der Waals surface area contributed by atoms with Crippen molar-refractivity contribution in [3.63, 3.8) is 0 Å². The van der Waals surface area contributed by atoms with Crippen molar-refractivity contribution in [2.75, 3.05) is 6.54 Å². The highest BCUT2D eigenvalue weighted by Gasteiger charge is 2.18. The molecule has 1 aromatic carbocycles. The Morgan fingerprint density at radius 1 is 1.43 bits per heavy atom. The molecule has 1 aromatic rings. The molecule has 4 nitrogen and oxygen atoms in total. The molecule has 2 atom stereocenters. The number of aliphatic hydroxyl groups excluding tert-OH is 1. The van der Waals surface area contributed by atoms with Crippen LogP contribution >= 0.6 is 0 Å². The van der Waals surface area contributed by atoms with Gasteiger partial charge < -0.3 is 5.11 Å². The summed E-state index contributed by atoms with van der Waals surface area (Å²) in [6.45, 7) is -0.257. The molecular formula is C9H10FN3O. The van der Waals surface area contributed by atoms with Crippen molar-refractivity contribution in [2.24, 2.45) is 5.11 Å². The second-order valence-corrected chi connectivity index (χ2v) is 2.79. The quantitative estimate of drug-likeness (QED) is 0.447. The molecule has 0 aliphatic rings. The maximum absolute atomic E-state index is 13.4. The Morgan fingerprint density at radius 3 is 2.64 bits per heavy atom. The molecule has 0 fully saturated rings. The zero-order chi connectivity index (χ0) is 10.4. The van der Waals surface area contributed by atoms with Gasteiger partial charge in [-0.05, 0) is 11.1 Å².